The van der Waals surface area contributed by atoms with Crippen molar-refractivity contribution in [2.24, 2.45) is 0 Å². The number of nitrogens with one attached hydrogen (secondary N) is 1. The van der Waals surface area contributed by atoms with Crippen LogP contribution in [0.1, 0.15) is 35.6 Å². The van der Waals surface area contributed by atoms with E-state index in [9.17, 15) is 12.8 Å². The molecule has 1 N–H and O–H groups in total. The lowest BCUT2D eigenvalue weighted by atomic mass is 9.95. The molecule has 142 valence electrons. The molecule has 4 rings (SSSR count). The van der Waals surface area contributed by atoms with E-state index in [2.05, 4.69) is 36.2 Å². The summed E-state index contributed by atoms with van der Waals surface area (Å²) in [6.45, 7) is 4.60. The van der Waals surface area contributed by atoms with E-state index in [-0.39, 0.29) is 10.7 Å². The summed E-state index contributed by atoms with van der Waals surface area (Å²) in [6, 6.07) is 12.5. The number of aromatic amines is 1. The lowest BCUT2D eigenvalue weighted by Crippen LogP contribution is -2.38. The minimum absolute atomic E-state index is 0.168. The van der Waals surface area contributed by atoms with E-state index in [1.165, 1.54) is 39.1 Å². The van der Waals surface area contributed by atoms with Crippen LogP contribution < -0.4 is 0 Å². The monoisotopic (exact) mass is 386 g/mol. The van der Waals surface area contributed by atoms with Crippen LogP contribution in [0.4, 0.5) is 4.39 Å². The Hall–Kier alpha value is -2.18. The lowest BCUT2D eigenvalue weighted by Gasteiger charge is -2.31. The van der Waals surface area contributed by atoms with Gasteiger partial charge in [-0.1, -0.05) is 11.6 Å². The molecule has 4 nitrogen and oxygen atoms in total. The summed E-state index contributed by atoms with van der Waals surface area (Å²) in [4.78, 5) is 3.65. The first-order chi connectivity index (χ1) is 12.8. The Bertz CT molecular complexity index is 1100. The highest BCUT2D eigenvalue weighted by molar-refractivity contribution is 7.89. The third-order valence-electron chi connectivity index (χ3n) is 5.46. The zero-order chi connectivity index (χ0) is 19.2. The fourth-order valence-corrected chi connectivity index (χ4v) is 5.38. The molecule has 1 aliphatic heterocycles. The van der Waals surface area contributed by atoms with Crippen molar-refractivity contribution in [2.45, 2.75) is 37.5 Å². The number of rotatable bonds is 3. The summed E-state index contributed by atoms with van der Waals surface area (Å²) in [5.74, 6) is -0.0687. The van der Waals surface area contributed by atoms with Gasteiger partial charge in [-0.25, -0.2) is 12.8 Å². The van der Waals surface area contributed by atoms with Gasteiger partial charge in [-0.2, -0.15) is 4.31 Å². The van der Waals surface area contributed by atoms with Crippen molar-refractivity contribution in [1.82, 2.24) is 9.29 Å². The molecule has 0 radical (unpaired) electrons. The van der Waals surface area contributed by atoms with Gasteiger partial charge in [-0.15, -0.1) is 0 Å². The molecule has 1 aliphatic rings. The van der Waals surface area contributed by atoms with Gasteiger partial charge < -0.3 is 4.98 Å². The van der Waals surface area contributed by atoms with Crippen LogP contribution in [0.5, 0.6) is 0 Å². The predicted molar refractivity (Wildman–Crippen MR) is 105 cm³/mol. The highest BCUT2D eigenvalue weighted by atomic mass is 32.2. The second-order valence-electron chi connectivity index (χ2n) is 7.40. The molecule has 0 saturated carbocycles. The van der Waals surface area contributed by atoms with Crippen molar-refractivity contribution < 1.29 is 12.8 Å². The molecule has 1 saturated heterocycles. The van der Waals surface area contributed by atoms with E-state index < -0.39 is 10.0 Å². The van der Waals surface area contributed by atoms with E-state index in [4.69, 9.17) is 0 Å². The quantitative estimate of drug-likeness (QED) is 0.721. The zero-order valence-electron chi connectivity index (χ0n) is 15.5. The fraction of sp³-hybridized carbons (Fsp3) is 0.333. The maximum absolute atomic E-state index is 13.5. The van der Waals surface area contributed by atoms with Gasteiger partial charge in [0.2, 0.25) is 10.0 Å². The number of hydrogen-bond donors (Lipinski definition) is 1. The SMILES string of the molecule is Cc1ccc2[nH]c(C3CCN(S(=O)(=O)c4ccc(F)c(C)c4)CC3)cc2c1. The number of aryl methyl sites for hydroxylation is 2. The number of piperidine rings is 1. The van der Waals surface area contributed by atoms with Crippen molar-refractivity contribution in [2.75, 3.05) is 13.1 Å². The number of aromatic nitrogens is 1. The van der Waals surface area contributed by atoms with Crippen LogP contribution in [0.25, 0.3) is 10.9 Å². The minimum atomic E-state index is -3.58. The maximum Gasteiger partial charge on any atom is 0.243 e. The number of benzene rings is 2. The molecule has 0 spiro atoms. The molecule has 27 heavy (non-hydrogen) atoms. The average Bonchev–Trinajstić information content (AvgIpc) is 3.07. The summed E-state index contributed by atoms with van der Waals surface area (Å²) < 4.78 is 40.7. The molecule has 2 heterocycles. The smallest absolute Gasteiger partial charge is 0.243 e. The fourth-order valence-electron chi connectivity index (χ4n) is 3.83. The van der Waals surface area contributed by atoms with Crippen molar-refractivity contribution >= 4 is 20.9 Å². The first-order valence-corrected chi connectivity index (χ1v) is 10.6. The van der Waals surface area contributed by atoms with Gasteiger partial charge in [-0.05, 0) is 74.0 Å². The van der Waals surface area contributed by atoms with E-state index in [1.807, 2.05) is 0 Å². The maximum atomic E-state index is 13.5. The zero-order valence-corrected chi connectivity index (χ0v) is 16.3. The number of halogens is 1. The standard InChI is InChI=1S/C21H23FN2O2S/c1-14-3-6-20-17(11-14)13-21(23-20)16-7-9-24(10-8-16)27(25,26)18-4-5-19(22)15(2)12-18/h3-6,11-13,16,23H,7-10H2,1-2H3. The third kappa shape index (κ3) is 3.39. The van der Waals surface area contributed by atoms with Crippen LogP contribution in [0.15, 0.2) is 47.4 Å². The van der Waals surface area contributed by atoms with E-state index in [1.54, 1.807) is 6.92 Å². The normalized spacial score (nSPS) is 16.9. The van der Waals surface area contributed by atoms with Crippen LogP contribution in [0.3, 0.4) is 0 Å². The van der Waals surface area contributed by atoms with Gasteiger partial charge in [0.25, 0.3) is 0 Å². The third-order valence-corrected chi connectivity index (χ3v) is 7.35. The Kier molecular flexibility index (Phi) is 4.56. The predicted octanol–water partition coefficient (Wildman–Crippen LogP) is 4.49. The van der Waals surface area contributed by atoms with E-state index in [0.29, 0.717) is 24.6 Å². The molecule has 3 aromatic rings. The van der Waals surface area contributed by atoms with Crippen molar-refractivity contribution in [3.05, 3.63) is 65.1 Å². The Morgan fingerprint density at radius 3 is 2.48 bits per heavy atom. The second-order valence-corrected chi connectivity index (χ2v) is 9.34. The van der Waals surface area contributed by atoms with Crippen molar-refractivity contribution in [3.8, 4) is 0 Å². The first-order valence-electron chi connectivity index (χ1n) is 9.20. The van der Waals surface area contributed by atoms with Crippen molar-refractivity contribution in [3.63, 3.8) is 0 Å². The number of H-pyrrole nitrogens is 1. The lowest BCUT2D eigenvalue weighted by molar-refractivity contribution is 0.317. The van der Waals surface area contributed by atoms with Crippen LogP contribution in [-0.4, -0.2) is 30.8 Å². The molecule has 1 fully saturated rings. The summed E-state index contributed by atoms with van der Waals surface area (Å²) >= 11 is 0. The Balaban J connectivity index is 1.51. The summed E-state index contributed by atoms with van der Waals surface area (Å²) in [5, 5.41) is 1.20. The molecule has 0 amide bonds. The molecular formula is C21H23FN2O2S. The minimum Gasteiger partial charge on any atom is -0.358 e. The largest absolute Gasteiger partial charge is 0.358 e. The van der Waals surface area contributed by atoms with Gasteiger partial charge >= 0.3 is 0 Å². The molecule has 0 unspecified atom stereocenters. The Morgan fingerprint density at radius 1 is 1.04 bits per heavy atom. The number of sulfonamides is 1. The first kappa shape index (κ1) is 18.2. The molecule has 0 bridgehead atoms. The van der Waals surface area contributed by atoms with Crippen LogP contribution in [-0.2, 0) is 10.0 Å². The van der Waals surface area contributed by atoms with Gasteiger partial charge in [-0.3, -0.25) is 0 Å². The highest BCUT2D eigenvalue weighted by Gasteiger charge is 2.30. The molecule has 1 aromatic heterocycles. The molecule has 0 atom stereocenters. The summed E-state index contributed by atoms with van der Waals surface area (Å²) in [5.41, 5.74) is 3.86. The molecule has 6 heteroatoms. The highest BCUT2D eigenvalue weighted by Crippen LogP contribution is 2.32. The number of fused-ring (bicyclic) bond motifs is 1. The van der Waals surface area contributed by atoms with Gasteiger partial charge in [0.1, 0.15) is 5.82 Å². The van der Waals surface area contributed by atoms with E-state index in [0.717, 1.165) is 18.4 Å². The molecule has 0 aliphatic carbocycles. The summed E-state index contributed by atoms with van der Waals surface area (Å²) in [6.07, 6.45) is 1.54. The Morgan fingerprint density at radius 2 is 1.78 bits per heavy atom. The van der Waals surface area contributed by atoms with Gasteiger partial charge in [0.15, 0.2) is 0 Å². The van der Waals surface area contributed by atoms with Crippen LogP contribution >= 0.6 is 0 Å². The van der Waals surface area contributed by atoms with Crippen molar-refractivity contribution in [1.29, 1.82) is 0 Å². The van der Waals surface area contributed by atoms with Crippen LogP contribution in [0.2, 0.25) is 0 Å². The summed E-state index contributed by atoms with van der Waals surface area (Å²) in [7, 11) is -3.58. The topological polar surface area (TPSA) is 53.2 Å². The van der Waals surface area contributed by atoms with Gasteiger partial charge in [0, 0.05) is 30.2 Å². The van der Waals surface area contributed by atoms with Crippen LogP contribution in [0, 0.1) is 19.7 Å². The number of hydrogen-bond acceptors (Lipinski definition) is 2. The molecular weight excluding hydrogens is 363 g/mol. The second kappa shape index (κ2) is 6.77. The molecule has 2 aromatic carbocycles. The average molecular weight is 386 g/mol. The number of nitrogens with zero attached hydrogens (tertiary/aromatic N) is 1. The van der Waals surface area contributed by atoms with E-state index >= 15 is 0 Å². The van der Waals surface area contributed by atoms with Gasteiger partial charge in [0.05, 0.1) is 4.90 Å². The Labute approximate surface area is 159 Å².